The molecule has 2 aromatic rings. The zero-order valence-electron chi connectivity index (χ0n) is 10.5. The minimum atomic E-state index is -0.579. The molecule has 0 saturated heterocycles. The van der Waals surface area contributed by atoms with Crippen LogP contribution in [-0.2, 0) is 6.54 Å². The van der Waals surface area contributed by atoms with Gasteiger partial charge in [-0.15, -0.1) is 11.3 Å². The molecule has 20 heavy (non-hydrogen) atoms. The van der Waals surface area contributed by atoms with E-state index in [1.807, 2.05) is 0 Å². The highest BCUT2D eigenvalue weighted by Gasteiger charge is 2.12. The van der Waals surface area contributed by atoms with Crippen molar-refractivity contribution in [1.82, 2.24) is 10.3 Å². The van der Waals surface area contributed by atoms with E-state index in [2.05, 4.69) is 22.1 Å². The number of carbonyl (C=O) groups is 1. The number of halogens is 1. The fraction of sp³-hybridized carbons (Fsp3) is 0.143. The number of hydrogen-bond donors (Lipinski definition) is 2. The Balaban J connectivity index is 2.12. The number of amides is 1. The SMILES string of the molecule is NCC#Cc1ccc(F)c(C(=O)NCc2cncs2)c1. The van der Waals surface area contributed by atoms with Crippen LogP contribution < -0.4 is 11.1 Å². The second-order valence-electron chi connectivity index (χ2n) is 3.85. The highest BCUT2D eigenvalue weighted by molar-refractivity contribution is 7.09. The molecule has 6 heteroatoms. The van der Waals surface area contributed by atoms with E-state index in [-0.39, 0.29) is 12.1 Å². The van der Waals surface area contributed by atoms with Gasteiger partial charge in [0.2, 0.25) is 0 Å². The summed E-state index contributed by atoms with van der Waals surface area (Å²) in [6, 6.07) is 4.15. The van der Waals surface area contributed by atoms with Gasteiger partial charge in [-0.2, -0.15) is 0 Å². The van der Waals surface area contributed by atoms with E-state index in [0.717, 1.165) is 4.88 Å². The van der Waals surface area contributed by atoms with E-state index in [1.54, 1.807) is 11.7 Å². The number of hydrogen-bond acceptors (Lipinski definition) is 4. The second-order valence-corrected chi connectivity index (χ2v) is 4.82. The topological polar surface area (TPSA) is 68.0 Å². The lowest BCUT2D eigenvalue weighted by atomic mass is 10.1. The zero-order chi connectivity index (χ0) is 14.4. The lowest BCUT2D eigenvalue weighted by Crippen LogP contribution is -2.23. The molecule has 1 aromatic carbocycles. The average molecular weight is 289 g/mol. The van der Waals surface area contributed by atoms with Crippen molar-refractivity contribution in [1.29, 1.82) is 0 Å². The fourth-order valence-corrected chi connectivity index (χ4v) is 2.06. The number of aromatic nitrogens is 1. The molecule has 1 amide bonds. The molecule has 0 atom stereocenters. The summed E-state index contributed by atoms with van der Waals surface area (Å²) in [7, 11) is 0. The number of nitrogens with zero attached hydrogens (tertiary/aromatic N) is 1. The van der Waals surface area contributed by atoms with Crippen LogP contribution in [0.15, 0.2) is 29.9 Å². The normalized spacial score (nSPS) is 9.70. The van der Waals surface area contributed by atoms with Crippen molar-refractivity contribution >= 4 is 17.2 Å². The molecule has 1 heterocycles. The van der Waals surface area contributed by atoms with Crippen LogP contribution in [0.5, 0.6) is 0 Å². The van der Waals surface area contributed by atoms with Gasteiger partial charge in [0.15, 0.2) is 0 Å². The Hall–Kier alpha value is -2.23. The molecule has 0 unspecified atom stereocenters. The van der Waals surface area contributed by atoms with E-state index < -0.39 is 11.7 Å². The first-order valence-corrected chi connectivity index (χ1v) is 6.72. The highest BCUT2D eigenvalue weighted by Crippen LogP contribution is 2.11. The van der Waals surface area contributed by atoms with Crippen LogP contribution in [0, 0.1) is 17.7 Å². The van der Waals surface area contributed by atoms with Crippen LogP contribution in [-0.4, -0.2) is 17.4 Å². The quantitative estimate of drug-likeness (QED) is 0.842. The molecule has 0 radical (unpaired) electrons. The Bertz CT molecular complexity index is 659. The minimum absolute atomic E-state index is 0.0293. The Morgan fingerprint density at radius 2 is 2.35 bits per heavy atom. The van der Waals surface area contributed by atoms with Gasteiger partial charge in [0.25, 0.3) is 5.91 Å². The van der Waals surface area contributed by atoms with Gasteiger partial charge in [-0.05, 0) is 18.2 Å². The minimum Gasteiger partial charge on any atom is -0.347 e. The van der Waals surface area contributed by atoms with Gasteiger partial charge in [-0.1, -0.05) is 11.8 Å². The summed E-state index contributed by atoms with van der Waals surface area (Å²) < 4.78 is 13.7. The monoisotopic (exact) mass is 289 g/mol. The summed E-state index contributed by atoms with van der Waals surface area (Å²) in [5.41, 5.74) is 7.47. The van der Waals surface area contributed by atoms with Crippen LogP contribution in [0.2, 0.25) is 0 Å². The third-order valence-corrected chi connectivity index (χ3v) is 3.23. The largest absolute Gasteiger partial charge is 0.347 e. The molecule has 1 aromatic heterocycles. The molecule has 0 saturated carbocycles. The second kappa shape index (κ2) is 6.80. The van der Waals surface area contributed by atoms with Gasteiger partial charge in [0.05, 0.1) is 24.2 Å². The third-order valence-electron chi connectivity index (χ3n) is 2.45. The zero-order valence-corrected chi connectivity index (χ0v) is 11.3. The number of carbonyl (C=O) groups excluding carboxylic acids is 1. The maximum atomic E-state index is 13.7. The van der Waals surface area contributed by atoms with Crippen LogP contribution in [0.4, 0.5) is 4.39 Å². The molecule has 2 rings (SSSR count). The fourth-order valence-electron chi connectivity index (χ4n) is 1.52. The van der Waals surface area contributed by atoms with E-state index in [0.29, 0.717) is 12.1 Å². The Morgan fingerprint density at radius 1 is 1.50 bits per heavy atom. The average Bonchev–Trinajstić information content (AvgIpc) is 2.97. The summed E-state index contributed by atoms with van der Waals surface area (Å²) in [5.74, 6) is 4.37. The molecule has 3 N–H and O–H groups in total. The van der Waals surface area contributed by atoms with Gasteiger partial charge in [0.1, 0.15) is 5.82 Å². The predicted molar refractivity (Wildman–Crippen MR) is 75.6 cm³/mol. The van der Waals surface area contributed by atoms with Crippen LogP contribution in [0.3, 0.4) is 0 Å². The molecule has 0 spiro atoms. The van der Waals surface area contributed by atoms with Crippen LogP contribution >= 0.6 is 11.3 Å². The van der Waals surface area contributed by atoms with Crippen molar-refractivity contribution < 1.29 is 9.18 Å². The van der Waals surface area contributed by atoms with Crippen molar-refractivity contribution in [3.05, 3.63) is 51.7 Å². The summed E-state index contributed by atoms with van der Waals surface area (Å²) in [4.78, 5) is 16.7. The van der Waals surface area contributed by atoms with Gasteiger partial charge >= 0.3 is 0 Å². The predicted octanol–water partition coefficient (Wildman–Crippen LogP) is 1.52. The molecule has 0 fully saturated rings. The Morgan fingerprint density at radius 3 is 3.05 bits per heavy atom. The van der Waals surface area contributed by atoms with E-state index in [9.17, 15) is 9.18 Å². The van der Waals surface area contributed by atoms with Gasteiger partial charge < -0.3 is 11.1 Å². The van der Waals surface area contributed by atoms with Crippen molar-refractivity contribution in [2.75, 3.05) is 6.54 Å². The maximum absolute atomic E-state index is 13.7. The maximum Gasteiger partial charge on any atom is 0.254 e. The molecule has 0 bridgehead atoms. The first kappa shape index (κ1) is 14.2. The number of thiazole rings is 1. The molecular formula is C14H12FN3OS. The lowest BCUT2D eigenvalue weighted by molar-refractivity contribution is 0.0947. The third kappa shape index (κ3) is 3.63. The van der Waals surface area contributed by atoms with E-state index >= 15 is 0 Å². The van der Waals surface area contributed by atoms with Crippen molar-refractivity contribution in [3.63, 3.8) is 0 Å². The molecule has 102 valence electrons. The van der Waals surface area contributed by atoms with Crippen molar-refractivity contribution in [3.8, 4) is 11.8 Å². The Labute approximate surface area is 119 Å². The molecule has 0 aliphatic rings. The van der Waals surface area contributed by atoms with E-state index in [1.165, 1.54) is 29.5 Å². The van der Waals surface area contributed by atoms with Gasteiger partial charge in [0, 0.05) is 16.6 Å². The smallest absolute Gasteiger partial charge is 0.254 e. The van der Waals surface area contributed by atoms with Gasteiger partial charge in [-0.3, -0.25) is 9.78 Å². The standard InChI is InChI=1S/C14H12FN3OS/c15-13-4-3-10(2-1-5-16)6-12(13)14(19)18-8-11-7-17-9-20-11/h3-4,6-7,9H,5,8,16H2,(H,18,19). The molecule has 0 aliphatic heterocycles. The summed E-state index contributed by atoms with van der Waals surface area (Å²) >= 11 is 1.42. The first-order valence-electron chi connectivity index (χ1n) is 5.84. The van der Waals surface area contributed by atoms with Crippen molar-refractivity contribution in [2.24, 2.45) is 5.73 Å². The molecule has 0 aliphatic carbocycles. The first-order chi connectivity index (χ1) is 9.70. The van der Waals surface area contributed by atoms with Crippen molar-refractivity contribution in [2.45, 2.75) is 6.54 Å². The number of rotatable bonds is 3. The molecular weight excluding hydrogens is 277 g/mol. The van der Waals surface area contributed by atoms with E-state index in [4.69, 9.17) is 5.73 Å². The van der Waals surface area contributed by atoms with Crippen LogP contribution in [0.1, 0.15) is 20.8 Å². The van der Waals surface area contributed by atoms with Gasteiger partial charge in [-0.25, -0.2) is 4.39 Å². The summed E-state index contributed by atoms with van der Waals surface area (Å²) in [5, 5.41) is 2.64. The molecule has 4 nitrogen and oxygen atoms in total. The Kier molecular flexibility index (Phi) is 4.82. The van der Waals surface area contributed by atoms with Crippen LogP contribution in [0.25, 0.3) is 0 Å². The highest BCUT2D eigenvalue weighted by atomic mass is 32.1. The summed E-state index contributed by atoms with van der Waals surface area (Å²) in [6.45, 7) is 0.534. The summed E-state index contributed by atoms with van der Waals surface area (Å²) in [6.07, 6.45) is 1.66. The lowest BCUT2D eigenvalue weighted by Gasteiger charge is -2.05. The number of benzene rings is 1. The number of nitrogens with one attached hydrogen (secondary N) is 1. The number of nitrogens with two attached hydrogens (primary N) is 1.